The van der Waals surface area contributed by atoms with Crippen LogP contribution in [-0.4, -0.2) is 33.4 Å². The SMILES string of the molecule is Cc1nc(B(O)OC(C)(C)C(C)(C)O)cs1. The van der Waals surface area contributed by atoms with Gasteiger partial charge in [0.05, 0.1) is 21.8 Å². The Hall–Kier alpha value is -0.425. The average Bonchev–Trinajstić information content (AvgIpc) is 2.48. The number of hydrogen-bond donors (Lipinski definition) is 2. The maximum atomic E-state index is 9.89. The van der Waals surface area contributed by atoms with Crippen LogP contribution in [0.25, 0.3) is 0 Å². The monoisotopic (exact) mass is 243 g/mol. The molecule has 0 aliphatic carbocycles. The summed E-state index contributed by atoms with van der Waals surface area (Å²) >= 11 is 1.45. The Balaban J connectivity index is 2.75. The van der Waals surface area contributed by atoms with Crippen molar-refractivity contribution in [3.8, 4) is 0 Å². The zero-order valence-electron chi connectivity index (χ0n) is 10.3. The van der Waals surface area contributed by atoms with Crippen molar-refractivity contribution in [2.45, 2.75) is 45.8 Å². The molecule has 6 heteroatoms. The fraction of sp³-hybridized carbons (Fsp3) is 0.700. The molecule has 0 fully saturated rings. The fourth-order valence-corrected chi connectivity index (χ4v) is 1.60. The van der Waals surface area contributed by atoms with E-state index in [-0.39, 0.29) is 0 Å². The highest BCUT2D eigenvalue weighted by atomic mass is 32.1. The molecular formula is C10H18BNO3S. The Morgan fingerprint density at radius 1 is 1.38 bits per heavy atom. The number of hydrogen-bond acceptors (Lipinski definition) is 5. The summed E-state index contributed by atoms with van der Waals surface area (Å²) in [5.41, 5.74) is -1.41. The van der Waals surface area contributed by atoms with Gasteiger partial charge in [-0.1, -0.05) is 0 Å². The van der Waals surface area contributed by atoms with Crippen molar-refractivity contribution in [1.82, 2.24) is 4.98 Å². The van der Waals surface area contributed by atoms with E-state index in [0.717, 1.165) is 5.01 Å². The standard InChI is InChI=1S/C10H18BNO3S/c1-7-12-8(6-16-7)11(14)15-10(4,5)9(2,3)13/h6,13-14H,1-5H3. The zero-order chi connectivity index (χ0) is 12.6. The van der Waals surface area contributed by atoms with E-state index in [1.807, 2.05) is 6.92 Å². The molecule has 4 nitrogen and oxygen atoms in total. The van der Waals surface area contributed by atoms with Crippen LogP contribution in [0.5, 0.6) is 0 Å². The first-order chi connectivity index (χ1) is 7.13. The molecule has 2 N–H and O–H groups in total. The normalized spacial score (nSPS) is 12.9. The molecule has 0 aliphatic rings. The molecular weight excluding hydrogens is 225 g/mol. The lowest BCUT2D eigenvalue weighted by Gasteiger charge is -2.38. The molecule has 16 heavy (non-hydrogen) atoms. The van der Waals surface area contributed by atoms with Gasteiger partial charge in [-0.2, -0.15) is 0 Å². The summed E-state index contributed by atoms with van der Waals surface area (Å²) in [5.74, 6) is 0. The molecule has 0 saturated heterocycles. The van der Waals surface area contributed by atoms with E-state index >= 15 is 0 Å². The predicted molar refractivity (Wildman–Crippen MR) is 65.9 cm³/mol. The van der Waals surface area contributed by atoms with Crippen LogP contribution in [0.1, 0.15) is 32.7 Å². The third-order valence-electron chi connectivity index (χ3n) is 2.77. The highest BCUT2D eigenvalue weighted by Gasteiger charge is 2.40. The van der Waals surface area contributed by atoms with E-state index in [1.165, 1.54) is 11.3 Å². The molecule has 90 valence electrons. The van der Waals surface area contributed by atoms with Gasteiger partial charge in [-0.05, 0) is 34.6 Å². The maximum absolute atomic E-state index is 9.89. The van der Waals surface area contributed by atoms with Gasteiger partial charge >= 0.3 is 7.12 Å². The van der Waals surface area contributed by atoms with Crippen LogP contribution in [0.4, 0.5) is 0 Å². The van der Waals surface area contributed by atoms with Crippen molar-refractivity contribution in [1.29, 1.82) is 0 Å². The maximum Gasteiger partial charge on any atom is 0.512 e. The third kappa shape index (κ3) is 3.04. The van der Waals surface area contributed by atoms with E-state index in [4.69, 9.17) is 4.65 Å². The number of nitrogens with zero attached hydrogens (tertiary/aromatic N) is 1. The van der Waals surface area contributed by atoms with Crippen molar-refractivity contribution in [3.63, 3.8) is 0 Å². The van der Waals surface area contributed by atoms with Gasteiger partial charge in [0.2, 0.25) is 0 Å². The number of aryl methyl sites for hydroxylation is 1. The Labute approximate surface area is 100 Å². The Morgan fingerprint density at radius 2 is 1.94 bits per heavy atom. The van der Waals surface area contributed by atoms with Gasteiger partial charge in [0, 0.05) is 5.38 Å². The number of aliphatic hydroxyl groups is 1. The fourth-order valence-electron chi connectivity index (χ4n) is 0.977. The first-order valence-corrected chi connectivity index (χ1v) is 6.02. The molecule has 0 unspecified atom stereocenters. The summed E-state index contributed by atoms with van der Waals surface area (Å²) in [6.45, 7) is 8.62. The molecule has 0 aliphatic heterocycles. The van der Waals surface area contributed by atoms with Gasteiger partial charge in [0.25, 0.3) is 0 Å². The van der Waals surface area contributed by atoms with Crippen molar-refractivity contribution < 1.29 is 14.8 Å². The van der Waals surface area contributed by atoms with Gasteiger partial charge < -0.3 is 14.8 Å². The van der Waals surface area contributed by atoms with E-state index in [2.05, 4.69) is 4.98 Å². The minimum absolute atomic E-state index is 0.486. The van der Waals surface area contributed by atoms with Gasteiger partial charge in [-0.15, -0.1) is 11.3 Å². The molecule has 1 heterocycles. The first-order valence-electron chi connectivity index (χ1n) is 5.14. The Bertz CT molecular complexity index is 359. The van der Waals surface area contributed by atoms with Crippen molar-refractivity contribution in [2.24, 2.45) is 0 Å². The highest BCUT2D eigenvalue weighted by Crippen LogP contribution is 2.25. The lowest BCUT2D eigenvalue weighted by Crippen LogP contribution is -2.53. The molecule has 1 aromatic rings. The van der Waals surface area contributed by atoms with Gasteiger partial charge in [-0.3, -0.25) is 4.98 Å². The van der Waals surface area contributed by atoms with E-state index in [1.54, 1.807) is 33.1 Å². The average molecular weight is 243 g/mol. The molecule has 0 amide bonds. The van der Waals surface area contributed by atoms with E-state index in [0.29, 0.717) is 5.59 Å². The van der Waals surface area contributed by atoms with Crippen LogP contribution in [0.2, 0.25) is 0 Å². The van der Waals surface area contributed by atoms with Crippen LogP contribution in [0.15, 0.2) is 5.38 Å². The number of thiazole rings is 1. The van der Waals surface area contributed by atoms with Crippen LogP contribution < -0.4 is 5.59 Å². The summed E-state index contributed by atoms with van der Waals surface area (Å²) in [5, 5.41) is 22.4. The molecule has 0 atom stereocenters. The smallest absolute Gasteiger partial charge is 0.422 e. The van der Waals surface area contributed by atoms with Crippen molar-refractivity contribution in [2.75, 3.05) is 0 Å². The van der Waals surface area contributed by atoms with Crippen molar-refractivity contribution in [3.05, 3.63) is 10.4 Å². The van der Waals surface area contributed by atoms with Gasteiger partial charge in [0.1, 0.15) is 0 Å². The minimum Gasteiger partial charge on any atom is -0.422 e. The van der Waals surface area contributed by atoms with Gasteiger partial charge in [0.15, 0.2) is 0 Å². The zero-order valence-corrected chi connectivity index (χ0v) is 11.1. The highest BCUT2D eigenvalue weighted by molar-refractivity contribution is 7.10. The summed E-state index contributed by atoms with van der Waals surface area (Å²) < 4.78 is 5.45. The topological polar surface area (TPSA) is 62.6 Å². The molecule has 1 rings (SSSR count). The van der Waals surface area contributed by atoms with Crippen LogP contribution in [-0.2, 0) is 4.65 Å². The lowest BCUT2D eigenvalue weighted by molar-refractivity contribution is -0.0983. The number of rotatable bonds is 4. The Kier molecular flexibility index (Phi) is 3.79. The number of aromatic nitrogens is 1. The van der Waals surface area contributed by atoms with Crippen LogP contribution in [0, 0.1) is 6.92 Å². The molecule has 0 spiro atoms. The molecule has 0 radical (unpaired) electrons. The summed E-state index contributed by atoms with van der Waals surface area (Å²) in [6, 6.07) is 0. The molecule has 0 bridgehead atoms. The minimum atomic E-state index is -1.11. The second-order valence-electron chi connectivity index (χ2n) is 4.83. The second-order valence-corrected chi connectivity index (χ2v) is 5.89. The second kappa shape index (κ2) is 4.45. The third-order valence-corrected chi connectivity index (χ3v) is 3.56. The van der Waals surface area contributed by atoms with E-state index < -0.39 is 18.3 Å². The Morgan fingerprint density at radius 3 is 2.31 bits per heavy atom. The summed E-state index contributed by atoms with van der Waals surface area (Å²) in [7, 11) is -1.11. The van der Waals surface area contributed by atoms with Gasteiger partial charge in [-0.25, -0.2) is 0 Å². The molecule has 0 aromatic carbocycles. The molecule has 0 saturated carbocycles. The quantitative estimate of drug-likeness (QED) is 0.764. The first kappa shape index (κ1) is 13.6. The predicted octanol–water partition coefficient (Wildman–Crippen LogP) is 0.705. The summed E-state index contributed by atoms with van der Waals surface area (Å²) in [4.78, 5) is 4.14. The van der Waals surface area contributed by atoms with Crippen LogP contribution >= 0.6 is 11.3 Å². The van der Waals surface area contributed by atoms with Crippen LogP contribution in [0.3, 0.4) is 0 Å². The largest absolute Gasteiger partial charge is 0.512 e. The molecule has 1 aromatic heterocycles. The lowest BCUT2D eigenvalue weighted by atomic mass is 9.81. The van der Waals surface area contributed by atoms with Crippen molar-refractivity contribution >= 4 is 24.0 Å². The van der Waals surface area contributed by atoms with E-state index in [9.17, 15) is 10.1 Å². The summed E-state index contributed by atoms with van der Waals surface area (Å²) in [6.07, 6.45) is 0.